The Morgan fingerprint density at radius 1 is 0.295 bits per heavy atom. The molecule has 2 nitrogen and oxygen atoms in total. The van der Waals surface area contributed by atoms with Crippen LogP contribution in [0.25, 0.3) is 33.0 Å². The highest BCUT2D eigenvalue weighted by atomic mass is 28.3. The van der Waals surface area contributed by atoms with E-state index in [1.807, 2.05) is 0 Å². The van der Waals surface area contributed by atoms with Crippen molar-refractivity contribution in [2.24, 2.45) is 0 Å². The van der Waals surface area contributed by atoms with Crippen molar-refractivity contribution in [1.29, 1.82) is 0 Å². The number of rotatable bonds is 8. The van der Waals surface area contributed by atoms with Crippen molar-refractivity contribution in [2.75, 3.05) is 9.80 Å². The van der Waals surface area contributed by atoms with Crippen LogP contribution < -0.4 is 30.5 Å². The van der Waals surface area contributed by atoms with Gasteiger partial charge in [-0.3, -0.25) is 0 Å². The second-order valence-corrected chi connectivity index (χ2v) is 19.5. The smallest absolute Gasteiger partial charge is 0.184 e. The largest absolute Gasteiger partial charge is 0.311 e. The van der Waals surface area contributed by atoms with Gasteiger partial charge in [0.15, 0.2) is 8.07 Å². The molecule has 0 unspecified atom stereocenters. The Kier molecular flexibility index (Phi) is 9.22. The topological polar surface area (TPSA) is 6.48 Å². The molecule has 0 atom stereocenters. The van der Waals surface area contributed by atoms with Crippen molar-refractivity contribution in [3.8, 4) is 22.3 Å². The normalized spacial score (nSPS) is 12.7. The first-order chi connectivity index (χ1) is 30.3. The van der Waals surface area contributed by atoms with E-state index >= 15 is 0 Å². The SMILES string of the molecule is c1ccc(-c2ccc(N(c3ccc(-c4ccc5ccccc5c4)cc3)c3ccc4c(c3)[Si](c3ccccc3)(c3ccccc3)c3ccccc3N4c3ccccc3)cc2)cc1. The fourth-order valence-corrected chi connectivity index (χ4v) is 14.6. The average Bonchev–Trinajstić information content (AvgIpc) is 3.35. The molecule has 0 aliphatic carbocycles. The van der Waals surface area contributed by atoms with E-state index < -0.39 is 8.07 Å². The fraction of sp³-hybridized carbons (Fsp3) is 0. The predicted octanol–water partition coefficient (Wildman–Crippen LogP) is 12.8. The van der Waals surface area contributed by atoms with Crippen molar-refractivity contribution in [3.63, 3.8) is 0 Å². The Morgan fingerprint density at radius 2 is 0.754 bits per heavy atom. The van der Waals surface area contributed by atoms with Crippen molar-refractivity contribution >= 4 is 73.7 Å². The van der Waals surface area contributed by atoms with E-state index in [2.05, 4.69) is 265 Å². The Balaban J connectivity index is 1.15. The number of nitrogens with zero attached hydrogens (tertiary/aromatic N) is 2. The molecule has 0 saturated carbocycles. The van der Waals surface area contributed by atoms with Crippen molar-refractivity contribution in [1.82, 2.24) is 0 Å². The molecule has 3 heteroatoms. The predicted molar refractivity (Wildman–Crippen MR) is 261 cm³/mol. The van der Waals surface area contributed by atoms with E-state index in [0.29, 0.717) is 0 Å². The Hall–Kier alpha value is -7.72. The summed E-state index contributed by atoms with van der Waals surface area (Å²) >= 11 is 0. The van der Waals surface area contributed by atoms with Crippen molar-refractivity contribution in [3.05, 3.63) is 255 Å². The van der Waals surface area contributed by atoms with E-state index in [4.69, 9.17) is 0 Å². The van der Waals surface area contributed by atoms with Gasteiger partial charge in [-0.05, 0) is 121 Å². The van der Waals surface area contributed by atoms with Crippen LogP contribution in [0, 0.1) is 0 Å². The summed E-state index contributed by atoms with van der Waals surface area (Å²) in [6.07, 6.45) is 0. The third-order valence-corrected chi connectivity index (χ3v) is 17.1. The quantitative estimate of drug-likeness (QED) is 0.141. The lowest BCUT2D eigenvalue weighted by Gasteiger charge is -2.45. The Labute approximate surface area is 358 Å². The third kappa shape index (κ3) is 6.35. The van der Waals surface area contributed by atoms with Gasteiger partial charge in [0.1, 0.15) is 0 Å². The van der Waals surface area contributed by atoms with Crippen LogP contribution in [0.15, 0.2) is 255 Å². The molecule has 1 aliphatic heterocycles. The standard InChI is InChI=1S/C58H42N2Si/c1-5-17-43(18-6-1)45-31-35-50(36-32-45)59(51-37-33-46(34-38-51)48-30-29-44-19-13-14-20-47(44)41-48)52-39-40-56-58(42-52)61(53-23-9-3-10-24-53,54-25-11-4-12-26-54)57-28-16-15-27-55(57)60(56)49-21-7-2-8-22-49/h1-42H. The first-order valence-electron chi connectivity index (χ1n) is 21.0. The number of benzene rings is 10. The summed E-state index contributed by atoms with van der Waals surface area (Å²) in [6.45, 7) is 0. The highest BCUT2D eigenvalue weighted by Gasteiger charge is 2.49. The molecule has 10 aromatic carbocycles. The molecule has 0 amide bonds. The van der Waals surface area contributed by atoms with Gasteiger partial charge in [-0.15, -0.1) is 0 Å². The minimum atomic E-state index is -2.93. The molecule has 1 heterocycles. The highest BCUT2D eigenvalue weighted by Crippen LogP contribution is 2.42. The summed E-state index contributed by atoms with van der Waals surface area (Å²) in [5.41, 5.74) is 11.7. The van der Waals surface area contributed by atoms with Crippen molar-refractivity contribution in [2.45, 2.75) is 0 Å². The maximum Gasteiger partial charge on any atom is 0.184 e. The molecule has 0 radical (unpaired) electrons. The number of anilines is 6. The van der Waals surface area contributed by atoms with Crippen LogP contribution in [0.2, 0.25) is 0 Å². The van der Waals surface area contributed by atoms with Gasteiger partial charge in [-0.25, -0.2) is 0 Å². The summed E-state index contributed by atoms with van der Waals surface area (Å²) in [5.74, 6) is 0. The van der Waals surface area contributed by atoms with Gasteiger partial charge in [0.05, 0.1) is 0 Å². The lowest BCUT2D eigenvalue weighted by atomic mass is 10.0. The summed E-state index contributed by atoms with van der Waals surface area (Å²) in [5, 5.41) is 7.94. The molecule has 0 bridgehead atoms. The fourth-order valence-electron chi connectivity index (χ4n) is 9.49. The van der Waals surface area contributed by atoms with Gasteiger partial charge in [0, 0.05) is 34.1 Å². The first kappa shape index (κ1) is 36.4. The Bertz CT molecular complexity index is 3070. The molecule has 288 valence electrons. The van der Waals surface area contributed by atoms with Gasteiger partial charge >= 0.3 is 0 Å². The van der Waals surface area contributed by atoms with E-state index in [-0.39, 0.29) is 0 Å². The molecular formula is C58H42N2Si. The molecule has 0 fully saturated rings. The highest BCUT2D eigenvalue weighted by molar-refractivity contribution is 7.21. The molecule has 0 N–H and O–H groups in total. The zero-order valence-corrected chi connectivity index (χ0v) is 34.6. The molecule has 11 rings (SSSR count). The minimum Gasteiger partial charge on any atom is -0.311 e. The maximum atomic E-state index is 2.51. The molecule has 61 heavy (non-hydrogen) atoms. The summed E-state index contributed by atoms with van der Waals surface area (Å²) in [7, 11) is -2.93. The van der Waals surface area contributed by atoms with E-state index in [9.17, 15) is 0 Å². The third-order valence-electron chi connectivity index (χ3n) is 12.3. The minimum absolute atomic E-state index is 1.10. The van der Waals surface area contributed by atoms with Crippen LogP contribution in [0.5, 0.6) is 0 Å². The van der Waals surface area contributed by atoms with Crippen molar-refractivity contribution < 1.29 is 0 Å². The average molecular weight is 795 g/mol. The summed E-state index contributed by atoms with van der Waals surface area (Å²) < 4.78 is 0. The molecule has 0 saturated heterocycles. The second-order valence-electron chi connectivity index (χ2n) is 15.7. The molecule has 10 aromatic rings. The van der Waals surface area contributed by atoms with Crippen LogP contribution in [0.3, 0.4) is 0 Å². The molecular weight excluding hydrogens is 753 g/mol. The number of hydrogen-bond donors (Lipinski definition) is 0. The van der Waals surface area contributed by atoms with Gasteiger partial charge in [-0.2, -0.15) is 0 Å². The van der Waals surface area contributed by atoms with Gasteiger partial charge < -0.3 is 9.80 Å². The lowest BCUT2D eigenvalue weighted by molar-refractivity contribution is 1.26. The summed E-state index contributed by atoms with van der Waals surface area (Å²) in [4.78, 5) is 4.91. The van der Waals surface area contributed by atoms with Gasteiger partial charge in [0.25, 0.3) is 0 Å². The number of fused-ring (bicyclic) bond motifs is 3. The number of para-hydroxylation sites is 2. The van der Waals surface area contributed by atoms with Crippen LogP contribution >= 0.6 is 0 Å². The lowest BCUT2D eigenvalue weighted by Crippen LogP contribution is -2.77. The molecule has 1 aliphatic rings. The summed E-state index contributed by atoms with van der Waals surface area (Å²) in [6, 6.07) is 93.8. The zero-order chi connectivity index (χ0) is 40.6. The second kappa shape index (κ2) is 15.5. The van der Waals surface area contributed by atoms with E-state index in [1.54, 1.807) is 0 Å². The van der Waals surface area contributed by atoms with Crippen LogP contribution in [0.4, 0.5) is 34.1 Å². The maximum absolute atomic E-state index is 2.93. The van der Waals surface area contributed by atoms with Crippen LogP contribution in [-0.4, -0.2) is 8.07 Å². The molecule has 0 spiro atoms. The van der Waals surface area contributed by atoms with E-state index in [1.165, 1.54) is 65.1 Å². The number of hydrogen-bond acceptors (Lipinski definition) is 2. The first-order valence-corrected chi connectivity index (χ1v) is 23.0. The Morgan fingerprint density at radius 3 is 1.39 bits per heavy atom. The zero-order valence-electron chi connectivity index (χ0n) is 33.6. The molecule has 0 aromatic heterocycles. The van der Waals surface area contributed by atoms with Gasteiger partial charge in [0.2, 0.25) is 0 Å². The monoisotopic (exact) mass is 794 g/mol. The van der Waals surface area contributed by atoms with E-state index in [0.717, 1.165) is 22.7 Å². The van der Waals surface area contributed by atoms with Gasteiger partial charge in [-0.1, -0.05) is 188 Å². The van der Waals surface area contributed by atoms with Crippen LogP contribution in [0.1, 0.15) is 0 Å². The van der Waals surface area contributed by atoms with Crippen LogP contribution in [-0.2, 0) is 0 Å².